The van der Waals surface area contributed by atoms with Gasteiger partial charge in [0.15, 0.2) is 0 Å². The van der Waals surface area contributed by atoms with Crippen molar-refractivity contribution in [3.05, 3.63) is 88.4 Å². The molecule has 0 radical (unpaired) electrons. The summed E-state index contributed by atoms with van der Waals surface area (Å²) in [6.07, 6.45) is 3.86. The SMILES string of the molecule is CCOc1ccc(N(CC(=O)N(Cc2ccc(Cl)c(Cl)c2)C(C)C(=O)NC2CCCC2)S(=O)(=O)c2ccccc2)cc1. The number of anilines is 1. The predicted octanol–water partition coefficient (Wildman–Crippen LogP) is 6.06. The van der Waals surface area contributed by atoms with E-state index in [9.17, 15) is 18.0 Å². The lowest BCUT2D eigenvalue weighted by atomic mass is 10.1. The highest BCUT2D eigenvalue weighted by atomic mass is 35.5. The monoisotopic (exact) mass is 631 g/mol. The van der Waals surface area contributed by atoms with E-state index in [1.807, 2.05) is 6.92 Å². The van der Waals surface area contributed by atoms with Crippen molar-refractivity contribution in [2.24, 2.45) is 0 Å². The van der Waals surface area contributed by atoms with E-state index in [0.717, 1.165) is 30.0 Å². The first-order valence-corrected chi connectivity index (χ1v) is 16.1. The molecule has 1 aliphatic carbocycles. The number of carbonyl (C=O) groups is 2. The molecular weight excluding hydrogens is 597 g/mol. The topological polar surface area (TPSA) is 96.0 Å². The number of carbonyl (C=O) groups excluding carboxylic acids is 2. The Morgan fingerprint density at radius 3 is 2.26 bits per heavy atom. The number of benzene rings is 3. The largest absolute Gasteiger partial charge is 0.494 e. The van der Waals surface area contributed by atoms with E-state index in [1.165, 1.54) is 17.0 Å². The van der Waals surface area contributed by atoms with Crippen LogP contribution in [-0.4, -0.2) is 50.4 Å². The standard InChI is InChI=1S/C31H35Cl2N3O5S/c1-3-41-26-16-14-25(15-17-26)36(42(39,40)27-11-5-4-6-12-27)21-30(37)35(20-23-13-18-28(32)29(33)19-23)22(2)31(38)34-24-9-7-8-10-24/h4-6,11-19,22,24H,3,7-10,20-21H2,1-2H3,(H,34,38). The summed E-state index contributed by atoms with van der Waals surface area (Å²) in [5, 5.41) is 3.73. The van der Waals surface area contributed by atoms with Gasteiger partial charge in [-0.05, 0) is 80.8 Å². The van der Waals surface area contributed by atoms with Crippen LogP contribution in [0.5, 0.6) is 5.75 Å². The molecule has 8 nitrogen and oxygen atoms in total. The second-order valence-electron chi connectivity index (χ2n) is 10.2. The molecule has 0 aliphatic heterocycles. The van der Waals surface area contributed by atoms with Crippen molar-refractivity contribution in [2.75, 3.05) is 17.5 Å². The molecule has 0 heterocycles. The molecule has 1 aliphatic rings. The minimum Gasteiger partial charge on any atom is -0.494 e. The number of hydrogen-bond acceptors (Lipinski definition) is 5. The number of nitrogens with zero attached hydrogens (tertiary/aromatic N) is 2. The molecule has 3 aromatic carbocycles. The number of rotatable bonds is 12. The minimum absolute atomic E-state index is 0.0253. The zero-order valence-corrected chi connectivity index (χ0v) is 26.0. The lowest BCUT2D eigenvalue weighted by molar-refractivity contribution is -0.139. The van der Waals surface area contributed by atoms with Gasteiger partial charge < -0.3 is 15.0 Å². The zero-order valence-electron chi connectivity index (χ0n) is 23.6. The highest BCUT2D eigenvalue weighted by Crippen LogP contribution is 2.28. The number of halogens is 2. The summed E-state index contributed by atoms with van der Waals surface area (Å²) >= 11 is 12.4. The minimum atomic E-state index is -4.15. The summed E-state index contributed by atoms with van der Waals surface area (Å²) in [4.78, 5) is 28.8. The molecule has 42 heavy (non-hydrogen) atoms. The van der Waals surface area contributed by atoms with Gasteiger partial charge in [-0.3, -0.25) is 13.9 Å². The fraction of sp³-hybridized carbons (Fsp3) is 0.355. The van der Waals surface area contributed by atoms with Crippen molar-refractivity contribution >= 4 is 50.7 Å². The summed E-state index contributed by atoms with van der Waals surface area (Å²) in [6, 6.07) is 18.6. The van der Waals surface area contributed by atoms with Crippen LogP contribution in [0.25, 0.3) is 0 Å². The first kappa shape index (κ1) is 31.7. The average molecular weight is 633 g/mol. The van der Waals surface area contributed by atoms with Gasteiger partial charge in [-0.25, -0.2) is 8.42 Å². The number of sulfonamides is 1. The van der Waals surface area contributed by atoms with E-state index in [0.29, 0.717) is 28.0 Å². The molecule has 0 bridgehead atoms. The normalized spacial score (nSPS) is 14.3. The van der Waals surface area contributed by atoms with Gasteiger partial charge in [-0.2, -0.15) is 0 Å². The van der Waals surface area contributed by atoms with Crippen molar-refractivity contribution in [1.29, 1.82) is 0 Å². The smallest absolute Gasteiger partial charge is 0.264 e. The van der Waals surface area contributed by atoms with E-state index in [-0.39, 0.29) is 29.1 Å². The summed E-state index contributed by atoms with van der Waals surface area (Å²) in [5.74, 6) is -0.277. The van der Waals surface area contributed by atoms with Crippen LogP contribution in [0.4, 0.5) is 5.69 Å². The van der Waals surface area contributed by atoms with Gasteiger partial charge in [-0.15, -0.1) is 0 Å². The molecule has 0 aromatic heterocycles. The van der Waals surface area contributed by atoms with Crippen LogP contribution in [0.2, 0.25) is 10.0 Å². The Morgan fingerprint density at radius 1 is 0.976 bits per heavy atom. The summed E-state index contributed by atoms with van der Waals surface area (Å²) < 4.78 is 34.4. The molecule has 0 spiro atoms. The van der Waals surface area contributed by atoms with Gasteiger partial charge >= 0.3 is 0 Å². The van der Waals surface area contributed by atoms with Gasteiger partial charge in [0.05, 0.1) is 27.2 Å². The Balaban J connectivity index is 1.68. The summed E-state index contributed by atoms with van der Waals surface area (Å²) in [7, 11) is -4.15. The molecule has 4 rings (SSSR count). The van der Waals surface area contributed by atoms with Crippen LogP contribution in [0.1, 0.15) is 45.1 Å². The van der Waals surface area contributed by atoms with E-state index in [1.54, 1.807) is 67.6 Å². The molecule has 3 aromatic rings. The van der Waals surface area contributed by atoms with Crippen molar-refractivity contribution < 1.29 is 22.7 Å². The zero-order chi connectivity index (χ0) is 30.3. The lowest BCUT2D eigenvalue weighted by Gasteiger charge is -2.32. The molecular formula is C31H35Cl2N3O5S. The van der Waals surface area contributed by atoms with Crippen LogP contribution >= 0.6 is 23.2 Å². The van der Waals surface area contributed by atoms with E-state index in [2.05, 4.69) is 5.32 Å². The Labute approximate surface area is 257 Å². The third-order valence-corrected chi connectivity index (χ3v) is 9.78. The number of nitrogens with one attached hydrogen (secondary N) is 1. The summed E-state index contributed by atoms with van der Waals surface area (Å²) in [6.45, 7) is 3.44. The van der Waals surface area contributed by atoms with Crippen molar-refractivity contribution in [2.45, 2.75) is 63.1 Å². The van der Waals surface area contributed by atoms with Gasteiger partial charge in [0.25, 0.3) is 10.0 Å². The molecule has 11 heteroatoms. The Morgan fingerprint density at radius 2 is 1.64 bits per heavy atom. The van der Waals surface area contributed by atoms with Crippen molar-refractivity contribution in [3.63, 3.8) is 0 Å². The predicted molar refractivity (Wildman–Crippen MR) is 165 cm³/mol. The molecule has 224 valence electrons. The van der Waals surface area contributed by atoms with Crippen LogP contribution in [0.3, 0.4) is 0 Å². The highest BCUT2D eigenvalue weighted by molar-refractivity contribution is 7.92. The number of hydrogen-bond donors (Lipinski definition) is 1. The molecule has 1 unspecified atom stereocenters. The van der Waals surface area contributed by atoms with E-state index in [4.69, 9.17) is 27.9 Å². The molecule has 0 saturated heterocycles. The lowest BCUT2D eigenvalue weighted by Crippen LogP contribution is -2.52. The maximum Gasteiger partial charge on any atom is 0.264 e. The molecule has 1 atom stereocenters. The molecule has 2 amide bonds. The molecule has 1 fully saturated rings. The van der Waals surface area contributed by atoms with Gasteiger partial charge in [0.1, 0.15) is 18.3 Å². The first-order chi connectivity index (χ1) is 20.1. The van der Waals surface area contributed by atoms with Crippen molar-refractivity contribution in [3.8, 4) is 5.75 Å². The molecule has 1 saturated carbocycles. The summed E-state index contributed by atoms with van der Waals surface area (Å²) in [5.41, 5.74) is 0.935. The Hall–Kier alpha value is -3.27. The Kier molecular flexibility index (Phi) is 10.8. The maximum absolute atomic E-state index is 14.1. The van der Waals surface area contributed by atoms with Gasteiger partial charge in [0, 0.05) is 12.6 Å². The van der Waals surface area contributed by atoms with Gasteiger partial charge in [0.2, 0.25) is 11.8 Å². The van der Waals surface area contributed by atoms with Crippen LogP contribution in [-0.2, 0) is 26.2 Å². The first-order valence-electron chi connectivity index (χ1n) is 13.9. The number of ether oxygens (including phenoxy) is 1. The van der Waals surface area contributed by atoms with Crippen LogP contribution in [0.15, 0.2) is 77.7 Å². The molecule has 1 N–H and O–H groups in total. The van der Waals surface area contributed by atoms with Crippen molar-refractivity contribution in [1.82, 2.24) is 10.2 Å². The second kappa shape index (κ2) is 14.3. The fourth-order valence-corrected chi connectivity index (χ4v) is 6.69. The van der Waals surface area contributed by atoms with Crippen LogP contribution < -0.4 is 14.4 Å². The quantitative estimate of drug-likeness (QED) is 0.262. The van der Waals surface area contributed by atoms with Gasteiger partial charge in [-0.1, -0.05) is 60.3 Å². The second-order valence-corrected chi connectivity index (χ2v) is 12.9. The maximum atomic E-state index is 14.1. The third-order valence-electron chi connectivity index (χ3n) is 7.25. The van der Waals surface area contributed by atoms with E-state index >= 15 is 0 Å². The Bertz CT molecular complexity index is 1480. The highest BCUT2D eigenvalue weighted by Gasteiger charge is 2.33. The third kappa shape index (κ3) is 7.76. The van der Waals surface area contributed by atoms with Crippen LogP contribution in [0, 0.1) is 0 Å². The van der Waals surface area contributed by atoms with E-state index < -0.39 is 28.5 Å². The number of amides is 2. The fourth-order valence-electron chi connectivity index (χ4n) is 4.93. The average Bonchev–Trinajstić information content (AvgIpc) is 3.50.